The van der Waals surface area contributed by atoms with Crippen LogP contribution < -0.4 is 25.6 Å². The number of anilines is 3. The third kappa shape index (κ3) is 8.59. The molecule has 0 heterocycles. The highest BCUT2D eigenvalue weighted by molar-refractivity contribution is 6.02. The molecule has 4 aromatic carbocycles. The predicted molar refractivity (Wildman–Crippen MR) is 160 cm³/mol. The van der Waals surface area contributed by atoms with Crippen molar-refractivity contribution in [3.63, 3.8) is 0 Å². The minimum atomic E-state index is -0.445. The summed E-state index contributed by atoms with van der Waals surface area (Å²) in [5.74, 6) is 0.914. The van der Waals surface area contributed by atoms with Gasteiger partial charge in [0.1, 0.15) is 11.5 Å². The first-order valence-corrected chi connectivity index (χ1v) is 13.2. The van der Waals surface area contributed by atoms with Crippen LogP contribution >= 0.6 is 0 Å². The predicted octanol–water partition coefficient (Wildman–Crippen LogP) is 6.82. The summed E-state index contributed by atoms with van der Waals surface area (Å²) >= 11 is 0. The number of nitrogens with one attached hydrogen (secondary N) is 3. The van der Waals surface area contributed by atoms with Crippen molar-refractivity contribution in [2.45, 2.75) is 13.8 Å². The Balaban J connectivity index is 1.39. The average molecular weight is 553 g/mol. The van der Waals surface area contributed by atoms with Crippen LogP contribution in [0, 0.1) is 6.92 Å². The number of carbonyl (C=O) groups is 3. The molecule has 210 valence electrons. The Labute approximate surface area is 239 Å². The van der Waals surface area contributed by atoms with Crippen molar-refractivity contribution in [2.75, 3.05) is 35.2 Å². The zero-order valence-corrected chi connectivity index (χ0v) is 22.9. The number of ether oxygens (including phenoxy) is 2. The zero-order valence-electron chi connectivity index (χ0n) is 22.9. The van der Waals surface area contributed by atoms with Gasteiger partial charge in [-0.1, -0.05) is 35.9 Å². The largest absolute Gasteiger partial charge is 0.462 e. The fraction of sp³-hybridized carbons (Fsp3) is 0.156. The summed E-state index contributed by atoms with van der Waals surface area (Å²) in [6.07, 6.45) is 0. The van der Waals surface area contributed by atoms with E-state index in [-0.39, 0.29) is 25.7 Å². The number of urea groups is 2. The van der Waals surface area contributed by atoms with Crippen LogP contribution in [0.3, 0.4) is 0 Å². The van der Waals surface area contributed by atoms with Crippen LogP contribution in [0.4, 0.5) is 26.7 Å². The summed E-state index contributed by atoms with van der Waals surface area (Å²) in [7, 11) is 0. The molecule has 9 heteroatoms. The quantitative estimate of drug-likeness (QED) is 0.187. The Kier molecular flexibility index (Phi) is 9.92. The van der Waals surface area contributed by atoms with E-state index in [9.17, 15) is 14.4 Å². The zero-order chi connectivity index (χ0) is 29.0. The number of carbonyl (C=O) groups excluding carboxylic acids is 3. The van der Waals surface area contributed by atoms with E-state index in [4.69, 9.17) is 9.47 Å². The second-order valence-electron chi connectivity index (χ2n) is 9.04. The molecule has 0 saturated carbocycles. The third-order valence-corrected chi connectivity index (χ3v) is 5.95. The van der Waals surface area contributed by atoms with Gasteiger partial charge in [0.25, 0.3) is 0 Å². The topological polar surface area (TPSA) is 109 Å². The van der Waals surface area contributed by atoms with Gasteiger partial charge in [-0.25, -0.2) is 14.4 Å². The second kappa shape index (κ2) is 14.2. The molecule has 0 radical (unpaired) electrons. The van der Waals surface area contributed by atoms with E-state index in [1.165, 1.54) is 0 Å². The number of rotatable bonds is 10. The lowest BCUT2D eigenvalue weighted by atomic mass is 10.2. The van der Waals surface area contributed by atoms with Gasteiger partial charge in [-0.2, -0.15) is 0 Å². The third-order valence-electron chi connectivity index (χ3n) is 5.95. The van der Waals surface area contributed by atoms with Crippen molar-refractivity contribution >= 4 is 35.1 Å². The number of esters is 1. The normalized spacial score (nSPS) is 10.3. The number of hydrogen-bond acceptors (Lipinski definition) is 5. The van der Waals surface area contributed by atoms with Gasteiger partial charge < -0.3 is 25.4 Å². The Morgan fingerprint density at radius 3 is 2.00 bits per heavy atom. The van der Waals surface area contributed by atoms with Crippen molar-refractivity contribution in [3.8, 4) is 11.5 Å². The maximum Gasteiger partial charge on any atom is 0.338 e. The summed E-state index contributed by atoms with van der Waals surface area (Å²) in [4.78, 5) is 39.2. The Bertz CT molecular complexity index is 1440. The molecule has 0 unspecified atom stereocenters. The van der Waals surface area contributed by atoms with Gasteiger partial charge in [0.2, 0.25) is 0 Å². The molecule has 0 aliphatic carbocycles. The molecule has 4 rings (SSSR count). The van der Waals surface area contributed by atoms with Gasteiger partial charge in [-0.3, -0.25) is 4.90 Å². The summed E-state index contributed by atoms with van der Waals surface area (Å²) in [5.41, 5.74) is 3.28. The average Bonchev–Trinajstić information content (AvgIpc) is 2.98. The number of nitrogens with zero attached hydrogens (tertiary/aromatic N) is 1. The van der Waals surface area contributed by atoms with Gasteiger partial charge in [0.15, 0.2) is 0 Å². The molecular formula is C32H32N4O5. The molecule has 0 aliphatic rings. The van der Waals surface area contributed by atoms with Gasteiger partial charge in [-0.15, -0.1) is 0 Å². The first-order chi connectivity index (χ1) is 19.9. The number of para-hydroxylation sites is 1. The highest BCUT2D eigenvalue weighted by atomic mass is 16.5. The molecular weight excluding hydrogens is 520 g/mol. The standard InChI is InChI=1S/C32H32N4O5/c1-3-40-30(37)24-11-15-25(16-12-24)34-31(38)33-21-22-36(32(39)35-26-13-9-23(2)10-14-26)27-17-19-29(20-18-27)41-28-7-5-4-6-8-28/h4-20H,3,21-22H2,1-2H3,(H,35,39)(H2,33,34,38). The van der Waals surface area contributed by atoms with Crippen molar-refractivity contribution in [3.05, 3.63) is 114 Å². The van der Waals surface area contributed by atoms with E-state index in [0.29, 0.717) is 34.1 Å². The lowest BCUT2D eigenvalue weighted by molar-refractivity contribution is 0.0526. The highest BCUT2D eigenvalue weighted by Crippen LogP contribution is 2.25. The fourth-order valence-electron chi connectivity index (χ4n) is 3.86. The lowest BCUT2D eigenvalue weighted by Gasteiger charge is -2.24. The van der Waals surface area contributed by atoms with Gasteiger partial charge in [0, 0.05) is 30.2 Å². The van der Waals surface area contributed by atoms with Crippen LogP contribution in [0.5, 0.6) is 11.5 Å². The number of benzene rings is 4. The van der Waals surface area contributed by atoms with Crippen molar-refractivity contribution in [1.82, 2.24) is 5.32 Å². The molecule has 0 aliphatic heterocycles. The minimum absolute atomic E-state index is 0.177. The first-order valence-electron chi connectivity index (χ1n) is 13.2. The van der Waals surface area contributed by atoms with Crippen LogP contribution in [0.2, 0.25) is 0 Å². The van der Waals surface area contributed by atoms with Crippen molar-refractivity contribution in [1.29, 1.82) is 0 Å². The monoisotopic (exact) mass is 552 g/mol. The molecule has 4 amide bonds. The van der Waals surface area contributed by atoms with Gasteiger partial charge >= 0.3 is 18.0 Å². The van der Waals surface area contributed by atoms with Crippen LogP contribution in [0.25, 0.3) is 0 Å². The SMILES string of the molecule is CCOC(=O)c1ccc(NC(=O)NCCN(C(=O)Nc2ccc(C)cc2)c2ccc(Oc3ccccc3)cc2)cc1. The number of aryl methyl sites for hydroxylation is 1. The lowest BCUT2D eigenvalue weighted by Crippen LogP contribution is -2.42. The smallest absolute Gasteiger partial charge is 0.338 e. The fourth-order valence-corrected chi connectivity index (χ4v) is 3.86. The Hall–Kier alpha value is -5.31. The van der Waals surface area contributed by atoms with Crippen LogP contribution in [-0.2, 0) is 4.74 Å². The summed E-state index contributed by atoms with van der Waals surface area (Å²) in [5, 5.41) is 8.41. The maximum atomic E-state index is 13.3. The maximum absolute atomic E-state index is 13.3. The Morgan fingerprint density at radius 2 is 1.34 bits per heavy atom. The van der Waals surface area contributed by atoms with E-state index in [2.05, 4.69) is 16.0 Å². The molecule has 0 bridgehead atoms. The molecule has 0 spiro atoms. The number of hydrogen-bond donors (Lipinski definition) is 3. The van der Waals surface area contributed by atoms with E-state index in [1.54, 1.807) is 60.4 Å². The van der Waals surface area contributed by atoms with E-state index in [0.717, 1.165) is 5.56 Å². The molecule has 0 fully saturated rings. The van der Waals surface area contributed by atoms with Crippen LogP contribution in [0.1, 0.15) is 22.8 Å². The Morgan fingerprint density at radius 1 is 0.732 bits per heavy atom. The van der Waals surface area contributed by atoms with E-state index < -0.39 is 12.0 Å². The highest BCUT2D eigenvalue weighted by Gasteiger charge is 2.17. The minimum Gasteiger partial charge on any atom is -0.462 e. The molecule has 0 aromatic heterocycles. The second-order valence-corrected chi connectivity index (χ2v) is 9.04. The molecule has 0 saturated heterocycles. The van der Waals surface area contributed by atoms with E-state index >= 15 is 0 Å². The molecule has 3 N–H and O–H groups in total. The van der Waals surface area contributed by atoms with Gasteiger partial charge in [-0.05, 0) is 86.6 Å². The number of amides is 4. The summed E-state index contributed by atoms with van der Waals surface area (Å²) in [6, 6.07) is 29.7. The van der Waals surface area contributed by atoms with Crippen molar-refractivity contribution in [2.24, 2.45) is 0 Å². The van der Waals surface area contributed by atoms with Crippen LogP contribution in [-0.4, -0.2) is 37.7 Å². The van der Waals surface area contributed by atoms with Gasteiger partial charge in [0.05, 0.1) is 12.2 Å². The molecule has 4 aromatic rings. The van der Waals surface area contributed by atoms with Crippen molar-refractivity contribution < 1.29 is 23.9 Å². The van der Waals surface area contributed by atoms with E-state index in [1.807, 2.05) is 61.5 Å². The summed E-state index contributed by atoms with van der Waals surface area (Å²) < 4.78 is 10.8. The molecule has 0 atom stereocenters. The molecule has 41 heavy (non-hydrogen) atoms. The van der Waals surface area contributed by atoms with Crippen LogP contribution in [0.15, 0.2) is 103 Å². The summed E-state index contributed by atoms with van der Waals surface area (Å²) in [6.45, 7) is 4.37. The molecule has 9 nitrogen and oxygen atoms in total. The first kappa shape index (κ1) is 28.7.